The fourth-order valence-electron chi connectivity index (χ4n) is 6.30. The molecule has 4 rings (SSSR count). The highest BCUT2D eigenvalue weighted by atomic mass is 16.3. The summed E-state index contributed by atoms with van der Waals surface area (Å²) in [5.41, 5.74) is 6.56. The summed E-state index contributed by atoms with van der Waals surface area (Å²) in [6.07, 6.45) is 10.3. The minimum absolute atomic E-state index is 0.452. The van der Waals surface area contributed by atoms with Crippen molar-refractivity contribution >= 4 is 0 Å². The predicted molar refractivity (Wildman–Crippen MR) is 129 cm³/mol. The summed E-state index contributed by atoms with van der Waals surface area (Å²) in [6.45, 7) is 8.92. The number of phenols is 2. The Hall–Kier alpha value is -1.96. The molecule has 2 N–H and O–H groups in total. The van der Waals surface area contributed by atoms with Crippen molar-refractivity contribution in [1.82, 2.24) is 0 Å². The van der Waals surface area contributed by atoms with Gasteiger partial charge >= 0.3 is 0 Å². The van der Waals surface area contributed by atoms with Crippen LogP contribution in [0.3, 0.4) is 0 Å². The molecule has 31 heavy (non-hydrogen) atoms. The quantitative estimate of drug-likeness (QED) is 0.528. The summed E-state index contributed by atoms with van der Waals surface area (Å²) in [5.74, 6) is 3.27. The van der Waals surface area contributed by atoms with Crippen molar-refractivity contribution in [3.63, 3.8) is 0 Å². The Morgan fingerprint density at radius 2 is 1.10 bits per heavy atom. The van der Waals surface area contributed by atoms with Gasteiger partial charge in [0.2, 0.25) is 0 Å². The van der Waals surface area contributed by atoms with Crippen molar-refractivity contribution in [2.45, 2.75) is 97.3 Å². The van der Waals surface area contributed by atoms with Crippen LogP contribution in [-0.4, -0.2) is 10.2 Å². The maximum absolute atomic E-state index is 11.2. The highest BCUT2D eigenvalue weighted by Gasteiger charge is 2.26. The zero-order chi connectivity index (χ0) is 22.1. The predicted octanol–water partition coefficient (Wildman–Crippen LogP) is 7.89. The molecule has 0 aromatic heterocycles. The molecule has 2 aliphatic rings. The Labute approximate surface area is 188 Å². The first-order valence-corrected chi connectivity index (χ1v) is 12.5. The summed E-state index contributed by atoms with van der Waals surface area (Å²) >= 11 is 0. The van der Waals surface area contributed by atoms with E-state index < -0.39 is 0 Å². The molecule has 0 amide bonds. The van der Waals surface area contributed by atoms with Crippen LogP contribution in [0.25, 0.3) is 0 Å². The van der Waals surface area contributed by atoms with Gasteiger partial charge in [-0.2, -0.15) is 0 Å². The molecule has 2 nitrogen and oxygen atoms in total. The maximum Gasteiger partial charge on any atom is 0.122 e. The van der Waals surface area contributed by atoms with E-state index in [1.54, 1.807) is 0 Å². The number of benzene rings is 2. The molecule has 2 aromatic carbocycles. The van der Waals surface area contributed by atoms with Gasteiger partial charge in [0, 0.05) is 6.42 Å². The Kier molecular flexibility index (Phi) is 6.65. The van der Waals surface area contributed by atoms with Crippen molar-refractivity contribution in [3.05, 3.63) is 57.6 Å². The van der Waals surface area contributed by atoms with E-state index in [0.717, 1.165) is 46.9 Å². The average molecular weight is 421 g/mol. The van der Waals surface area contributed by atoms with Crippen LogP contribution in [0.2, 0.25) is 0 Å². The van der Waals surface area contributed by atoms with Crippen LogP contribution in [0.15, 0.2) is 24.3 Å². The van der Waals surface area contributed by atoms with E-state index in [1.807, 2.05) is 0 Å². The van der Waals surface area contributed by atoms with Gasteiger partial charge in [-0.1, -0.05) is 74.9 Å². The fraction of sp³-hybridized carbons (Fsp3) is 0.586. The van der Waals surface area contributed by atoms with Crippen LogP contribution in [-0.2, 0) is 6.42 Å². The molecule has 2 saturated carbocycles. The first-order chi connectivity index (χ1) is 14.8. The van der Waals surface area contributed by atoms with E-state index in [2.05, 4.69) is 52.0 Å². The van der Waals surface area contributed by atoms with Crippen LogP contribution in [0.4, 0.5) is 0 Å². The number of aryl methyl sites for hydroxylation is 2. The normalized spacial score (nSPS) is 26.7. The molecular formula is C29H40O2. The standard InChI is InChI=1S/C29H40O2/c1-18-7-5-9-22(11-18)26-15-20(3)13-24(28(26)30)17-25-14-21(4)16-27(29(25)31)23-10-6-8-19(2)12-23/h13-16,18-19,22-23,30-31H,5-12,17H2,1-4H3. The van der Waals surface area contributed by atoms with Gasteiger partial charge in [-0.25, -0.2) is 0 Å². The molecule has 4 unspecified atom stereocenters. The van der Waals surface area contributed by atoms with E-state index in [4.69, 9.17) is 0 Å². The van der Waals surface area contributed by atoms with Gasteiger partial charge in [-0.05, 0) is 85.5 Å². The van der Waals surface area contributed by atoms with E-state index in [0.29, 0.717) is 29.8 Å². The molecule has 2 aliphatic carbocycles. The van der Waals surface area contributed by atoms with E-state index >= 15 is 0 Å². The summed E-state index contributed by atoms with van der Waals surface area (Å²) in [7, 11) is 0. The Morgan fingerprint density at radius 3 is 1.48 bits per heavy atom. The summed E-state index contributed by atoms with van der Waals surface area (Å²) in [6, 6.07) is 8.59. The molecule has 0 heterocycles. The number of aromatic hydroxyl groups is 2. The summed E-state index contributed by atoms with van der Waals surface area (Å²) in [5, 5.41) is 22.5. The molecule has 0 saturated heterocycles. The zero-order valence-corrected chi connectivity index (χ0v) is 19.9. The molecule has 2 fully saturated rings. The summed E-state index contributed by atoms with van der Waals surface area (Å²) < 4.78 is 0. The second-order valence-corrected chi connectivity index (χ2v) is 10.8. The zero-order valence-electron chi connectivity index (χ0n) is 19.9. The molecule has 2 heteroatoms. The lowest BCUT2D eigenvalue weighted by Crippen LogP contribution is -2.13. The maximum atomic E-state index is 11.2. The minimum atomic E-state index is 0.452. The van der Waals surface area contributed by atoms with E-state index in [9.17, 15) is 10.2 Å². The molecule has 168 valence electrons. The first-order valence-electron chi connectivity index (χ1n) is 12.5. The third-order valence-electron chi connectivity index (χ3n) is 7.86. The summed E-state index contributed by atoms with van der Waals surface area (Å²) in [4.78, 5) is 0. The smallest absolute Gasteiger partial charge is 0.122 e. The van der Waals surface area contributed by atoms with Gasteiger partial charge in [0.25, 0.3) is 0 Å². The van der Waals surface area contributed by atoms with Gasteiger partial charge in [0.05, 0.1) is 0 Å². The highest BCUT2D eigenvalue weighted by molar-refractivity contribution is 5.52. The fourth-order valence-corrected chi connectivity index (χ4v) is 6.30. The number of rotatable bonds is 4. The molecule has 0 spiro atoms. The second kappa shape index (κ2) is 9.27. The number of hydrogen-bond donors (Lipinski definition) is 2. The van der Waals surface area contributed by atoms with Crippen LogP contribution in [0.1, 0.15) is 110 Å². The van der Waals surface area contributed by atoms with Gasteiger partial charge in [-0.3, -0.25) is 0 Å². The van der Waals surface area contributed by atoms with Crippen molar-refractivity contribution in [1.29, 1.82) is 0 Å². The van der Waals surface area contributed by atoms with Gasteiger partial charge in [0.1, 0.15) is 11.5 Å². The molecule has 2 aromatic rings. The molecule has 4 atom stereocenters. The average Bonchev–Trinajstić information content (AvgIpc) is 2.72. The van der Waals surface area contributed by atoms with E-state index in [1.165, 1.54) is 49.7 Å². The van der Waals surface area contributed by atoms with E-state index in [-0.39, 0.29) is 0 Å². The monoisotopic (exact) mass is 420 g/mol. The van der Waals surface area contributed by atoms with Gasteiger partial charge < -0.3 is 10.2 Å². The third-order valence-corrected chi connectivity index (χ3v) is 7.86. The van der Waals surface area contributed by atoms with Gasteiger partial charge in [-0.15, -0.1) is 0 Å². The highest BCUT2D eigenvalue weighted by Crippen LogP contribution is 2.44. The number of phenolic OH excluding ortho intramolecular Hbond substituents is 2. The van der Waals surface area contributed by atoms with Crippen molar-refractivity contribution in [2.75, 3.05) is 0 Å². The lowest BCUT2D eigenvalue weighted by Gasteiger charge is -2.29. The van der Waals surface area contributed by atoms with Crippen LogP contribution in [0.5, 0.6) is 11.5 Å². The van der Waals surface area contributed by atoms with Crippen molar-refractivity contribution in [3.8, 4) is 11.5 Å². The molecule has 0 aliphatic heterocycles. The molecular weight excluding hydrogens is 380 g/mol. The first kappa shape index (κ1) is 22.2. The van der Waals surface area contributed by atoms with Crippen LogP contribution < -0.4 is 0 Å². The van der Waals surface area contributed by atoms with Crippen molar-refractivity contribution in [2.24, 2.45) is 11.8 Å². The molecule has 0 radical (unpaired) electrons. The Balaban J connectivity index is 1.66. The topological polar surface area (TPSA) is 40.5 Å². The lowest BCUT2D eigenvalue weighted by atomic mass is 9.77. The largest absolute Gasteiger partial charge is 0.507 e. The molecule has 0 bridgehead atoms. The second-order valence-electron chi connectivity index (χ2n) is 10.8. The lowest BCUT2D eigenvalue weighted by molar-refractivity contribution is 0.335. The van der Waals surface area contributed by atoms with Crippen LogP contribution in [0, 0.1) is 25.7 Å². The minimum Gasteiger partial charge on any atom is -0.507 e. The Bertz CT molecular complexity index is 853. The SMILES string of the molecule is Cc1cc(Cc2cc(C)cc(C3CCCC(C)C3)c2O)c(O)c(C2CCCC(C)C2)c1. The van der Waals surface area contributed by atoms with Crippen molar-refractivity contribution < 1.29 is 10.2 Å². The van der Waals surface area contributed by atoms with Crippen LogP contribution >= 0.6 is 0 Å². The Morgan fingerprint density at radius 1 is 0.677 bits per heavy atom. The number of hydrogen-bond acceptors (Lipinski definition) is 2. The van der Waals surface area contributed by atoms with Gasteiger partial charge in [0.15, 0.2) is 0 Å². The third kappa shape index (κ3) is 4.94.